The summed E-state index contributed by atoms with van der Waals surface area (Å²) in [7, 11) is -18.1. The van der Waals surface area contributed by atoms with E-state index >= 15 is 9.59 Å². The molecule has 1 unspecified atom stereocenters. The highest BCUT2D eigenvalue weighted by Gasteiger charge is 2.50. The summed E-state index contributed by atoms with van der Waals surface area (Å²) in [5.41, 5.74) is -0.112. The molecule has 4 aromatic carbocycles. The topological polar surface area (TPSA) is 295 Å². The van der Waals surface area contributed by atoms with Gasteiger partial charge in [-0.3, -0.25) is 27.8 Å². The van der Waals surface area contributed by atoms with E-state index in [1.54, 1.807) is 97.9 Å². The van der Waals surface area contributed by atoms with Crippen LogP contribution in [0.2, 0.25) is 0 Å². The first-order valence-electron chi connectivity index (χ1n) is 22.7. The van der Waals surface area contributed by atoms with Gasteiger partial charge in [-0.1, -0.05) is 74.5 Å². The summed E-state index contributed by atoms with van der Waals surface area (Å²) in [5.74, 6) is -3.65. The average Bonchev–Trinajstić information content (AvgIpc) is 3.65. The predicted octanol–water partition coefficient (Wildman–Crippen LogP) is 7.45. The van der Waals surface area contributed by atoms with Gasteiger partial charge in [-0.2, -0.15) is 38.2 Å². The Morgan fingerprint density at radius 2 is 1.18 bits per heavy atom. The molecule has 73 heavy (non-hydrogen) atoms. The van der Waals surface area contributed by atoms with Crippen molar-refractivity contribution in [3.05, 3.63) is 166 Å². The van der Waals surface area contributed by atoms with Crippen LogP contribution in [0.4, 0.5) is 11.4 Å². The zero-order valence-corrected chi connectivity index (χ0v) is 43.2. The quantitative estimate of drug-likeness (QED) is 0.0280. The number of carbonyl (C=O) groups excluding carboxylic acids is 2. The Labute approximate surface area is 423 Å². The van der Waals surface area contributed by atoms with E-state index in [-0.39, 0.29) is 65.3 Å². The van der Waals surface area contributed by atoms with Gasteiger partial charge >= 0.3 is 5.97 Å². The number of rotatable bonds is 18. The fraction of sp³-hybridized carbons (Fsp3) is 0.294. The predicted molar refractivity (Wildman–Crippen MR) is 271 cm³/mol. The number of hydrogen-bond acceptors (Lipinski definition) is 12. The summed E-state index contributed by atoms with van der Waals surface area (Å²) < 4.78 is 138. The molecule has 0 fully saturated rings. The first-order valence-corrected chi connectivity index (χ1v) is 28.8. The van der Waals surface area contributed by atoms with Gasteiger partial charge < -0.3 is 10.0 Å². The van der Waals surface area contributed by atoms with Gasteiger partial charge in [0.2, 0.25) is 5.69 Å². The summed E-state index contributed by atoms with van der Waals surface area (Å²) in [6.07, 6.45) is 7.93. The standard InChI is InChI=1S/C51H52N2O16S4/c1-49(2)40-29-38(72(64,65)66)18-20-42(40)52(24-8-26-70(58,59)60)44(49)22-12-33-28-34(32-51(31-33,46(54)35-10-6-5-7-11-35)47(55)36-14-16-37(17-15-36)48(56)57)13-23-45-50(3,4)41-30-39(73(67,68)69)19-21-43(41)53(45)25-9-27-71(61,62)63/h5-7,10-23,28-30H,8-9,24-27,31-32H2,1-4H3,(H4-,56,57,58,59,60,61,62,63,64,65,66,67,68,69)/p+1. The summed E-state index contributed by atoms with van der Waals surface area (Å²) in [4.78, 5) is 43.4. The molecule has 0 amide bonds. The van der Waals surface area contributed by atoms with E-state index in [2.05, 4.69) is 0 Å². The number of carboxylic acids is 1. The maximum atomic E-state index is 15.3. The Morgan fingerprint density at radius 1 is 0.630 bits per heavy atom. The van der Waals surface area contributed by atoms with Crippen LogP contribution < -0.4 is 4.90 Å². The van der Waals surface area contributed by atoms with Gasteiger partial charge in [0.15, 0.2) is 17.3 Å². The van der Waals surface area contributed by atoms with E-state index in [1.807, 2.05) is 0 Å². The highest BCUT2D eigenvalue weighted by molar-refractivity contribution is 7.86. The summed E-state index contributed by atoms with van der Waals surface area (Å²) in [6.45, 7) is 7.17. The number of benzene rings is 4. The van der Waals surface area contributed by atoms with Crippen LogP contribution in [-0.4, -0.2) is 109 Å². The Morgan fingerprint density at radius 3 is 1.75 bits per heavy atom. The second kappa shape index (κ2) is 19.9. The number of ketones is 2. The van der Waals surface area contributed by atoms with E-state index in [0.29, 0.717) is 45.1 Å². The van der Waals surface area contributed by atoms with E-state index in [1.165, 1.54) is 60.7 Å². The lowest BCUT2D eigenvalue weighted by Gasteiger charge is -2.35. The molecule has 0 bridgehead atoms. The highest BCUT2D eigenvalue weighted by Crippen LogP contribution is 2.50. The van der Waals surface area contributed by atoms with Crippen molar-refractivity contribution < 1.29 is 75.9 Å². The number of fused-ring (bicyclic) bond motifs is 2. The fourth-order valence-electron chi connectivity index (χ4n) is 9.94. The van der Waals surface area contributed by atoms with Gasteiger partial charge in [0.25, 0.3) is 40.5 Å². The SMILES string of the molecule is CC1(C)C(/C=C/C2=CC(=C/C=C3/N(CCCS(=O)(=O)O)c4ccc(S(=O)(=O)O)cc4C3(C)C)/CC(C(=O)c3ccccc3)(C(=O)c3ccc(C(=O)O)cc3)C2)=[N+](CCCS(=O)(=O)O)c2ccc(S(=O)(=O)O)cc21. The maximum Gasteiger partial charge on any atom is 0.335 e. The fourth-order valence-corrected chi connectivity index (χ4v) is 11.9. The second-order valence-corrected chi connectivity index (χ2v) is 25.2. The lowest BCUT2D eigenvalue weighted by atomic mass is 9.64. The third-order valence-corrected chi connectivity index (χ3v) is 16.8. The number of carbonyl (C=O) groups is 3. The molecule has 1 aliphatic carbocycles. The van der Waals surface area contributed by atoms with Crippen LogP contribution in [0.5, 0.6) is 0 Å². The lowest BCUT2D eigenvalue weighted by molar-refractivity contribution is -0.437. The van der Waals surface area contributed by atoms with Crippen molar-refractivity contribution in [1.29, 1.82) is 0 Å². The van der Waals surface area contributed by atoms with Crippen molar-refractivity contribution in [3.8, 4) is 0 Å². The molecule has 7 rings (SSSR count). The van der Waals surface area contributed by atoms with Crippen LogP contribution in [0.3, 0.4) is 0 Å². The monoisotopic (exact) mass is 1080 g/mol. The summed E-state index contributed by atoms with van der Waals surface area (Å²) in [5, 5.41) is 9.68. The molecule has 2 heterocycles. The molecule has 0 aromatic heterocycles. The van der Waals surface area contributed by atoms with Crippen LogP contribution in [0, 0.1) is 5.41 Å². The van der Waals surface area contributed by atoms with Gasteiger partial charge in [-0.05, 0) is 98.4 Å². The minimum absolute atomic E-state index is 0.0186. The molecule has 3 aliphatic rings. The number of Topliss-reactive ketones (excluding diaryl/α,β-unsaturated/α-hetero) is 2. The number of allylic oxidation sites excluding steroid dienone is 8. The van der Waals surface area contributed by atoms with Crippen LogP contribution in [0.15, 0.2) is 148 Å². The highest BCUT2D eigenvalue weighted by atomic mass is 32.2. The molecule has 0 saturated heterocycles. The van der Waals surface area contributed by atoms with Crippen LogP contribution in [0.1, 0.15) is 95.6 Å². The van der Waals surface area contributed by atoms with Crippen molar-refractivity contribution in [2.75, 3.05) is 29.5 Å². The number of aromatic carboxylic acids is 1. The third kappa shape index (κ3) is 11.6. The normalized spacial score (nSPS) is 19.8. The molecule has 18 nitrogen and oxygen atoms in total. The Kier molecular flexibility index (Phi) is 14.9. The van der Waals surface area contributed by atoms with Crippen molar-refractivity contribution in [3.63, 3.8) is 0 Å². The number of carboxylic acid groups (broad SMARTS) is 1. The first kappa shape index (κ1) is 54.5. The first-order chi connectivity index (χ1) is 33.8. The second-order valence-electron chi connectivity index (χ2n) is 19.2. The smallest absolute Gasteiger partial charge is 0.335 e. The van der Waals surface area contributed by atoms with Crippen molar-refractivity contribution >= 4 is 75.1 Å². The van der Waals surface area contributed by atoms with E-state index in [9.17, 15) is 61.8 Å². The Hall–Kier alpha value is -6.24. The van der Waals surface area contributed by atoms with Crippen molar-refractivity contribution in [1.82, 2.24) is 0 Å². The largest absolute Gasteiger partial charge is 0.478 e. The lowest BCUT2D eigenvalue weighted by Crippen LogP contribution is -2.42. The van der Waals surface area contributed by atoms with Crippen molar-refractivity contribution in [2.45, 2.75) is 74.0 Å². The van der Waals surface area contributed by atoms with Crippen LogP contribution in [0.25, 0.3) is 0 Å². The van der Waals surface area contributed by atoms with E-state index in [0.717, 1.165) is 0 Å². The zero-order chi connectivity index (χ0) is 53.7. The minimum Gasteiger partial charge on any atom is -0.478 e. The Bertz CT molecular complexity index is 3580. The molecule has 22 heteroatoms. The molecule has 5 N–H and O–H groups in total. The molecule has 386 valence electrons. The number of nitrogens with zero attached hydrogens (tertiary/aromatic N) is 2. The van der Waals surface area contributed by atoms with Crippen LogP contribution in [-0.2, 0) is 51.3 Å². The van der Waals surface area contributed by atoms with Gasteiger partial charge in [0.1, 0.15) is 12.0 Å². The molecular formula is C51H53N2O16S4+. The van der Waals surface area contributed by atoms with E-state index < -0.39 is 85.8 Å². The zero-order valence-electron chi connectivity index (χ0n) is 40.0. The summed E-state index contributed by atoms with van der Waals surface area (Å²) >= 11 is 0. The van der Waals surface area contributed by atoms with Crippen molar-refractivity contribution in [2.24, 2.45) is 5.41 Å². The maximum absolute atomic E-state index is 15.3. The van der Waals surface area contributed by atoms with Crippen LogP contribution >= 0.6 is 0 Å². The Balaban J connectivity index is 1.45. The van der Waals surface area contributed by atoms with Gasteiger partial charge in [0.05, 0.1) is 32.3 Å². The van der Waals surface area contributed by atoms with E-state index in [4.69, 9.17) is 0 Å². The minimum atomic E-state index is -4.66. The molecule has 0 spiro atoms. The average molecular weight is 1080 g/mol. The molecule has 0 saturated carbocycles. The molecule has 2 aliphatic heterocycles. The summed E-state index contributed by atoms with van der Waals surface area (Å²) in [6, 6.07) is 21.2. The number of anilines is 1. The van der Waals surface area contributed by atoms with Gasteiger partial charge in [-0.25, -0.2) is 4.79 Å². The molecular weight excluding hydrogens is 1020 g/mol. The van der Waals surface area contributed by atoms with Gasteiger partial charge in [0, 0.05) is 58.6 Å². The number of hydrogen-bond donors (Lipinski definition) is 5. The molecule has 1 atom stereocenters. The third-order valence-electron chi connectivity index (χ3n) is 13.5. The molecule has 4 aromatic rings. The molecule has 0 radical (unpaired) electrons. The van der Waals surface area contributed by atoms with Gasteiger partial charge in [-0.15, -0.1) is 0 Å².